The zero-order valence-corrected chi connectivity index (χ0v) is 13.5. The molecule has 0 saturated carbocycles. The van der Waals surface area contributed by atoms with Crippen LogP contribution in [0.15, 0.2) is 16.2 Å². The van der Waals surface area contributed by atoms with Crippen LogP contribution in [0.25, 0.3) is 21.6 Å². The molecule has 5 N–H and O–H groups in total. The standard InChI is InChI=1S/C10H11IN8O4/c11-1-10(17-18-13)5(21)4(20)8(23-10)19-2-14-3-6(19)15-9(12)16-7(3)22/h2,4-5,8,20-21H,1H2,(H3,12,15,16,22)/t4-,5+,8-,10-/m1/s1. The van der Waals surface area contributed by atoms with Crippen LogP contribution < -0.4 is 11.3 Å². The van der Waals surface area contributed by atoms with E-state index in [9.17, 15) is 15.0 Å². The van der Waals surface area contributed by atoms with E-state index >= 15 is 0 Å². The molecule has 1 fully saturated rings. The Labute approximate surface area is 141 Å². The lowest BCUT2D eigenvalue weighted by atomic mass is 10.1. The molecular formula is C10H11IN8O4. The van der Waals surface area contributed by atoms with E-state index < -0.39 is 29.7 Å². The maximum Gasteiger partial charge on any atom is 0.280 e. The molecule has 3 heterocycles. The summed E-state index contributed by atoms with van der Waals surface area (Å²) in [5.41, 5.74) is 12.1. The fourth-order valence-corrected chi connectivity index (χ4v) is 3.20. The SMILES string of the molecule is [N-]=[N+]=N[C@]1(CI)O[C@@H](n2cnc3c(=O)[nH]c(N)nc32)[C@H](O)[C@@H]1O. The lowest BCUT2D eigenvalue weighted by Gasteiger charge is -2.23. The van der Waals surface area contributed by atoms with Gasteiger partial charge in [-0.25, -0.2) is 4.98 Å². The first-order valence-corrected chi connectivity index (χ1v) is 7.84. The molecule has 0 amide bonds. The third-order valence-corrected chi connectivity index (χ3v) is 4.63. The molecule has 0 bridgehead atoms. The van der Waals surface area contributed by atoms with Crippen molar-refractivity contribution in [1.82, 2.24) is 19.5 Å². The van der Waals surface area contributed by atoms with Crippen molar-refractivity contribution >= 4 is 39.7 Å². The second-order valence-electron chi connectivity index (χ2n) is 4.89. The zero-order valence-electron chi connectivity index (χ0n) is 11.4. The van der Waals surface area contributed by atoms with Crippen molar-refractivity contribution in [3.05, 3.63) is 27.1 Å². The quantitative estimate of drug-likeness (QED) is 0.163. The van der Waals surface area contributed by atoms with Crippen LogP contribution in [0.2, 0.25) is 0 Å². The number of nitrogens with two attached hydrogens (primary N) is 1. The number of alkyl halides is 1. The molecule has 0 radical (unpaired) electrons. The van der Waals surface area contributed by atoms with Gasteiger partial charge in [0.05, 0.1) is 6.33 Å². The van der Waals surface area contributed by atoms with Crippen LogP contribution in [0.3, 0.4) is 0 Å². The first kappa shape index (κ1) is 15.9. The summed E-state index contributed by atoms with van der Waals surface area (Å²) in [6.07, 6.45) is -2.80. The second kappa shape index (κ2) is 5.61. The van der Waals surface area contributed by atoms with Crippen LogP contribution in [0.5, 0.6) is 0 Å². The highest BCUT2D eigenvalue weighted by Crippen LogP contribution is 2.40. The normalized spacial score (nSPS) is 30.5. The van der Waals surface area contributed by atoms with Gasteiger partial charge >= 0.3 is 0 Å². The minimum absolute atomic E-state index is 0.000229. The van der Waals surface area contributed by atoms with Gasteiger partial charge in [-0.15, -0.1) is 0 Å². The minimum atomic E-state index is -1.64. The Morgan fingerprint density at radius 3 is 3.04 bits per heavy atom. The van der Waals surface area contributed by atoms with Crippen LogP contribution in [0, 0.1) is 0 Å². The molecule has 0 spiro atoms. The number of nitrogen functional groups attached to an aromatic ring is 1. The predicted octanol–water partition coefficient (Wildman–Crippen LogP) is -0.606. The van der Waals surface area contributed by atoms with Crippen molar-refractivity contribution in [2.24, 2.45) is 5.11 Å². The van der Waals surface area contributed by atoms with E-state index in [0.717, 1.165) is 0 Å². The first-order chi connectivity index (χ1) is 10.9. The molecule has 0 aliphatic carbocycles. The van der Waals surface area contributed by atoms with Crippen LogP contribution in [-0.4, -0.2) is 52.1 Å². The van der Waals surface area contributed by atoms with Gasteiger partial charge in [-0.3, -0.25) is 14.3 Å². The average Bonchev–Trinajstić information content (AvgIpc) is 3.03. The number of H-pyrrole nitrogens is 1. The number of aliphatic hydroxyl groups excluding tert-OH is 2. The summed E-state index contributed by atoms with van der Waals surface area (Å²) in [4.78, 5) is 24.6. The largest absolute Gasteiger partial charge is 0.387 e. The lowest BCUT2D eigenvalue weighted by Crippen LogP contribution is -2.42. The number of hydrogen-bond acceptors (Lipinski definition) is 8. The van der Waals surface area contributed by atoms with E-state index in [4.69, 9.17) is 16.0 Å². The van der Waals surface area contributed by atoms with Crippen LogP contribution in [-0.2, 0) is 4.74 Å². The van der Waals surface area contributed by atoms with E-state index in [1.165, 1.54) is 10.9 Å². The van der Waals surface area contributed by atoms with E-state index in [1.807, 2.05) is 22.6 Å². The van der Waals surface area contributed by atoms with Gasteiger partial charge in [0.15, 0.2) is 23.1 Å². The van der Waals surface area contributed by atoms with Gasteiger partial charge in [-0.05, 0) is 5.53 Å². The summed E-state index contributed by atoms with van der Waals surface area (Å²) in [5.74, 6) is -0.132. The smallest absolute Gasteiger partial charge is 0.280 e. The summed E-state index contributed by atoms with van der Waals surface area (Å²) in [5, 5.41) is 23.9. The number of hydrogen-bond donors (Lipinski definition) is 4. The number of nitrogens with one attached hydrogen (secondary N) is 1. The molecule has 1 aliphatic heterocycles. The third kappa shape index (κ3) is 2.33. The molecule has 122 valence electrons. The zero-order chi connectivity index (χ0) is 16.8. The Hall–Kier alpha value is -1.93. The molecule has 2 aromatic rings. The van der Waals surface area contributed by atoms with Gasteiger partial charge in [0.25, 0.3) is 5.56 Å². The van der Waals surface area contributed by atoms with Crippen molar-refractivity contribution in [1.29, 1.82) is 0 Å². The number of halogens is 1. The molecule has 13 heteroatoms. The molecular weight excluding hydrogens is 423 g/mol. The number of ether oxygens (including phenoxy) is 1. The van der Waals surface area contributed by atoms with E-state index in [0.29, 0.717) is 0 Å². The number of aromatic amines is 1. The molecule has 1 saturated heterocycles. The number of rotatable bonds is 3. The number of aromatic nitrogens is 4. The maximum atomic E-state index is 11.8. The molecule has 12 nitrogen and oxygen atoms in total. The number of imidazole rings is 1. The van der Waals surface area contributed by atoms with Gasteiger partial charge in [0.2, 0.25) is 5.95 Å². The Balaban J connectivity index is 2.13. The summed E-state index contributed by atoms with van der Waals surface area (Å²) in [7, 11) is 0. The fraction of sp³-hybridized carbons (Fsp3) is 0.500. The fourth-order valence-electron chi connectivity index (χ4n) is 2.42. The summed E-state index contributed by atoms with van der Waals surface area (Å²) >= 11 is 1.87. The average molecular weight is 434 g/mol. The van der Waals surface area contributed by atoms with Crippen LogP contribution in [0.1, 0.15) is 6.23 Å². The van der Waals surface area contributed by atoms with E-state index in [1.54, 1.807) is 0 Å². The Morgan fingerprint density at radius 1 is 1.65 bits per heavy atom. The highest BCUT2D eigenvalue weighted by atomic mass is 127. The van der Waals surface area contributed by atoms with Crippen molar-refractivity contribution in [2.45, 2.75) is 24.2 Å². The highest BCUT2D eigenvalue weighted by molar-refractivity contribution is 14.1. The number of aliphatic hydroxyl groups is 2. The maximum absolute atomic E-state index is 11.8. The molecule has 23 heavy (non-hydrogen) atoms. The van der Waals surface area contributed by atoms with E-state index in [-0.39, 0.29) is 21.5 Å². The Morgan fingerprint density at radius 2 is 2.39 bits per heavy atom. The predicted molar refractivity (Wildman–Crippen MR) is 85.5 cm³/mol. The monoisotopic (exact) mass is 434 g/mol. The molecule has 2 aromatic heterocycles. The number of anilines is 1. The topological polar surface area (TPSA) is 188 Å². The van der Waals surface area contributed by atoms with Crippen molar-refractivity contribution in [3.63, 3.8) is 0 Å². The van der Waals surface area contributed by atoms with Gasteiger partial charge in [-0.2, -0.15) is 4.98 Å². The highest BCUT2D eigenvalue weighted by Gasteiger charge is 2.54. The third-order valence-electron chi connectivity index (χ3n) is 3.53. The Bertz CT molecular complexity index is 860. The Kier molecular flexibility index (Phi) is 3.89. The molecule has 0 unspecified atom stereocenters. The number of azide groups is 1. The molecule has 0 aromatic carbocycles. The van der Waals surface area contributed by atoms with Gasteiger partial charge in [-0.1, -0.05) is 27.7 Å². The van der Waals surface area contributed by atoms with Crippen molar-refractivity contribution in [3.8, 4) is 0 Å². The number of nitrogens with zero attached hydrogens (tertiary/aromatic N) is 6. The van der Waals surface area contributed by atoms with Crippen molar-refractivity contribution in [2.75, 3.05) is 10.2 Å². The van der Waals surface area contributed by atoms with E-state index in [2.05, 4.69) is 25.0 Å². The van der Waals surface area contributed by atoms with Gasteiger partial charge in [0, 0.05) is 9.34 Å². The minimum Gasteiger partial charge on any atom is -0.387 e. The van der Waals surface area contributed by atoms with Gasteiger partial charge < -0.3 is 20.7 Å². The van der Waals surface area contributed by atoms with Crippen molar-refractivity contribution < 1.29 is 14.9 Å². The first-order valence-electron chi connectivity index (χ1n) is 6.32. The van der Waals surface area contributed by atoms with Gasteiger partial charge in [0.1, 0.15) is 12.2 Å². The van der Waals surface area contributed by atoms with Crippen LogP contribution >= 0.6 is 22.6 Å². The molecule has 3 rings (SSSR count). The molecule has 1 aliphatic rings. The summed E-state index contributed by atoms with van der Waals surface area (Å²) in [6.45, 7) is 0. The number of fused-ring (bicyclic) bond motifs is 1. The summed E-state index contributed by atoms with van der Waals surface area (Å²) in [6, 6.07) is 0. The molecule has 4 atom stereocenters. The lowest BCUT2D eigenvalue weighted by molar-refractivity contribution is -0.0824. The van der Waals surface area contributed by atoms with Crippen LogP contribution in [0.4, 0.5) is 5.95 Å². The summed E-state index contributed by atoms with van der Waals surface area (Å²) < 4.78 is 6.96. The second-order valence-corrected chi connectivity index (χ2v) is 5.65.